The van der Waals surface area contributed by atoms with E-state index in [1.807, 2.05) is 12.1 Å². The maximum Gasteiger partial charge on any atom is 0.243 e. The van der Waals surface area contributed by atoms with E-state index in [0.717, 1.165) is 8.95 Å². The highest BCUT2D eigenvalue weighted by Gasteiger charge is 2.12. The second-order valence-corrected chi connectivity index (χ2v) is 7.48. The quantitative estimate of drug-likeness (QED) is 0.629. The van der Waals surface area contributed by atoms with Crippen LogP contribution in [0.3, 0.4) is 0 Å². The summed E-state index contributed by atoms with van der Waals surface area (Å²) in [5, 5.41) is 5.26. The number of hydrogen-bond donors (Lipinski definition) is 2. The van der Waals surface area contributed by atoms with Gasteiger partial charge in [-0.2, -0.15) is 0 Å². The molecular weight excluding hydrogens is 469 g/mol. The van der Waals surface area contributed by atoms with Crippen molar-refractivity contribution in [2.24, 2.45) is 0 Å². The van der Waals surface area contributed by atoms with Gasteiger partial charge in [-0.25, -0.2) is 4.39 Å². The molecule has 2 amide bonds. The normalized spacial score (nSPS) is 10.7. The summed E-state index contributed by atoms with van der Waals surface area (Å²) in [6.45, 7) is 0.190. The highest BCUT2D eigenvalue weighted by Crippen LogP contribution is 2.20. The second kappa shape index (κ2) is 9.80. The van der Waals surface area contributed by atoms with Crippen LogP contribution in [-0.4, -0.2) is 36.9 Å². The summed E-state index contributed by atoms with van der Waals surface area (Å²) in [7, 11) is 1.71. The lowest BCUT2D eigenvalue weighted by atomic mass is 10.2. The predicted molar refractivity (Wildman–Crippen MR) is 106 cm³/mol. The van der Waals surface area contributed by atoms with Crippen molar-refractivity contribution < 1.29 is 14.0 Å². The lowest BCUT2D eigenvalue weighted by molar-refractivity contribution is -0.124. The third-order valence-corrected chi connectivity index (χ3v) is 4.64. The van der Waals surface area contributed by atoms with Crippen LogP contribution in [0, 0.1) is 5.82 Å². The zero-order chi connectivity index (χ0) is 19.1. The molecule has 2 rings (SSSR count). The van der Waals surface area contributed by atoms with E-state index in [9.17, 15) is 14.0 Å². The topological polar surface area (TPSA) is 61.4 Å². The smallest absolute Gasteiger partial charge is 0.243 e. The molecule has 2 aromatic rings. The molecule has 0 bridgehead atoms. The van der Waals surface area contributed by atoms with Crippen LogP contribution in [0.2, 0.25) is 0 Å². The van der Waals surface area contributed by atoms with Crippen LogP contribution in [0.5, 0.6) is 0 Å². The lowest BCUT2D eigenvalue weighted by Crippen LogP contribution is -2.39. The number of para-hydroxylation sites is 1. The Labute approximate surface area is 168 Å². The third kappa shape index (κ3) is 6.51. The van der Waals surface area contributed by atoms with Gasteiger partial charge in [0.2, 0.25) is 11.8 Å². The number of hydrogen-bond acceptors (Lipinski definition) is 3. The molecule has 2 N–H and O–H groups in total. The molecule has 8 heteroatoms. The molecule has 26 heavy (non-hydrogen) atoms. The number of rotatable bonds is 7. The van der Waals surface area contributed by atoms with Gasteiger partial charge in [0.15, 0.2) is 0 Å². The van der Waals surface area contributed by atoms with Gasteiger partial charge in [0.25, 0.3) is 0 Å². The average molecular weight is 487 g/mol. The van der Waals surface area contributed by atoms with Crippen molar-refractivity contribution in [3.05, 3.63) is 62.8 Å². The Bertz CT molecular complexity index is 802. The van der Waals surface area contributed by atoms with Gasteiger partial charge < -0.3 is 10.6 Å². The van der Waals surface area contributed by atoms with E-state index >= 15 is 0 Å². The number of nitrogens with zero attached hydrogens (tertiary/aromatic N) is 1. The van der Waals surface area contributed by atoms with Gasteiger partial charge in [0.05, 0.1) is 18.8 Å². The first-order valence-corrected chi connectivity index (χ1v) is 9.37. The number of carbonyl (C=O) groups is 2. The highest BCUT2D eigenvalue weighted by molar-refractivity contribution is 9.10. The monoisotopic (exact) mass is 485 g/mol. The van der Waals surface area contributed by atoms with Crippen LogP contribution in [0.4, 0.5) is 10.1 Å². The van der Waals surface area contributed by atoms with Crippen LogP contribution < -0.4 is 10.6 Å². The van der Waals surface area contributed by atoms with Crippen molar-refractivity contribution >= 4 is 49.4 Å². The molecular formula is C18H18Br2FN3O2. The number of likely N-dealkylation sites (N-methyl/N-ethyl adjacent to an activating group) is 1. The predicted octanol–water partition coefficient (Wildman–Crippen LogP) is 3.54. The van der Waals surface area contributed by atoms with Crippen LogP contribution >= 0.6 is 31.9 Å². The fraction of sp³-hybridized carbons (Fsp3) is 0.222. The lowest BCUT2D eigenvalue weighted by Gasteiger charge is -2.17. The number of amides is 2. The summed E-state index contributed by atoms with van der Waals surface area (Å²) in [6, 6.07) is 11.9. The molecule has 0 atom stereocenters. The van der Waals surface area contributed by atoms with Crippen LogP contribution in [0.25, 0.3) is 0 Å². The van der Waals surface area contributed by atoms with Crippen LogP contribution in [0.15, 0.2) is 51.4 Å². The Kier molecular flexibility index (Phi) is 7.74. The first-order chi connectivity index (χ1) is 12.3. The summed E-state index contributed by atoms with van der Waals surface area (Å²) in [5.41, 5.74) is 1.12. The minimum Gasteiger partial charge on any atom is -0.346 e. The van der Waals surface area contributed by atoms with E-state index < -0.39 is 0 Å². The van der Waals surface area contributed by atoms with E-state index in [4.69, 9.17) is 0 Å². The Morgan fingerprint density at radius 1 is 1.12 bits per heavy atom. The van der Waals surface area contributed by atoms with E-state index in [0.29, 0.717) is 11.3 Å². The van der Waals surface area contributed by atoms with Crippen molar-refractivity contribution in [1.29, 1.82) is 0 Å². The molecule has 0 aliphatic heterocycles. The number of nitrogens with one attached hydrogen (secondary N) is 2. The highest BCUT2D eigenvalue weighted by atomic mass is 79.9. The van der Waals surface area contributed by atoms with Gasteiger partial charge in [-0.15, -0.1) is 0 Å². The zero-order valence-electron chi connectivity index (χ0n) is 14.1. The first-order valence-electron chi connectivity index (χ1n) is 7.78. The first kappa shape index (κ1) is 20.5. The Hall–Kier alpha value is -1.77. The van der Waals surface area contributed by atoms with E-state index in [1.165, 1.54) is 6.07 Å². The van der Waals surface area contributed by atoms with E-state index in [2.05, 4.69) is 42.5 Å². The Morgan fingerprint density at radius 3 is 2.58 bits per heavy atom. The summed E-state index contributed by atoms with van der Waals surface area (Å²) in [4.78, 5) is 25.6. The molecule has 0 radical (unpaired) electrons. The number of carbonyl (C=O) groups excluding carboxylic acids is 2. The fourth-order valence-corrected chi connectivity index (χ4v) is 3.04. The number of anilines is 1. The molecule has 0 aliphatic carbocycles. The average Bonchev–Trinajstić information content (AvgIpc) is 2.58. The summed E-state index contributed by atoms with van der Waals surface area (Å²) in [5.74, 6) is -0.968. The van der Waals surface area contributed by atoms with Crippen molar-refractivity contribution in [1.82, 2.24) is 10.2 Å². The molecule has 0 saturated carbocycles. The molecule has 138 valence electrons. The summed E-state index contributed by atoms with van der Waals surface area (Å²) < 4.78 is 15.3. The van der Waals surface area contributed by atoms with Crippen molar-refractivity contribution in [3.63, 3.8) is 0 Å². The molecule has 5 nitrogen and oxygen atoms in total. The molecule has 0 aromatic heterocycles. The standard InChI is InChI=1S/C18H18Br2FN3O2/c1-24(10-12-8-13(19)6-7-15(12)21)11-18(26)22-9-17(25)23-16-5-3-2-4-14(16)20/h2-8H,9-11H2,1H3,(H,22,26)(H,23,25). The maximum absolute atomic E-state index is 13.8. The van der Waals surface area contributed by atoms with Gasteiger partial charge >= 0.3 is 0 Å². The summed E-state index contributed by atoms with van der Waals surface area (Å²) >= 11 is 6.64. The van der Waals surface area contributed by atoms with Gasteiger partial charge in [0.1, 0.15) is 5.82 Å². The zero-order valence-corrected chi connectivity index (χ0v) is 17.2. The summed E-state index contributed by atoms with van der Waals surface area (Å²) in [6.07, 6.45) is 0. The van der Waals surface area contributed by atoms with Crippen molar-refractivity contribution in [2.45, 2.75) is 6.54 Å². The largest absolute Gasteiger partial charge is 0.346 e. The molecule has 0 unspecified atom stereocenters. The Balaban J connectivity index is 1.78. The molecule has 0 aliphatic rings. The van der Waals surface area contributed by atoms with Gasteiger partial charge in [-0.3, -0.25) is 14.5 Å². The van der Waals surface area contributed by atoms with Crippen LogP contribution in [-0.2, 0) is 16.1 Å². The molecule has 0 spiro atoms. The van der Waals surface area contributed by atoms with Gasteiger partial charge in [-0.05, 0) is 53.3 Å². The SMILES string of the molecule is CN(CC(=O)NCC(=O)Nc1ccccc1Br)Cc1cc(Br)ccc1F. The van der Waals surface area contributed by atoms with Gasteiger partial charge in [-0.1, -0.05) is 28.1 Å². The van der Waals surface area contributed by atoms with Crippen molar-refractivity contribution in [3.8, 4) is 0 Å². The minimum absolute atomic E-state index is 0.0499. The minimum atomic E-state index is -0.328. The second-order valence-electron chi connectivity index (χ2n) is 5.71. The molecule has 0 saturated heterocycles. The number of benzene rings is 2. The van der Waals surface area contributed by atoms with E-state index in [-0.39, 0.29) is 37.3 Å². The van der Waals surface area contributed by atoms with Crippen molar-refractivity contribution in [2.75, 3.05) is 25.5 Å². The number of halogens is 3. The maximum atomic E-state index is 13.8. The molecule has 2 aromatic carbocycles. The molecule has 0 fully saturated rings. The third-order valence-electron chi connectivity index (χ3n) is 3.46. The van der Waals surface area contributed by atoms with Gasteiger partial charge in [0, 0.05) is 21.1 Å². The fourth-order valence-electron chi connectivity index (χ4n) is 2.25. The van der Waals surface area contributed by atoms with E-state index in [1.54, 1.807) is 36.2 Å². The van der Waals surface area contributed by atoms with Crippen LogP contribution in [0.1, 0.15) is 5.56 Å². The molecule has 0 heterocycles. The Morgan fingerprint density at radius 2 is 1.85 bits per heavy atom.